The Hall–Kier alpha value is -0.900. The number of hydrogen-bond donors (Lipinski definition) is 3. The molecule has 148 valence electrons. The number of ether oxygens (including phenoxy) is 1. The first kappa shape index (κ1) is 23.1. The number of guanidine groups is 1. The molecule has 0 radical (unpaired) electrons. The highest BCUT2D eigenvalue weighted by molar-refractivity contribution is 14.0. The highest BCUT2D eigenvalue weighted by Crippen LogP contribution is 2.18. The maximum absolute atomic E-state index is 10.4. The minimum Gasteiger partial charge on any atom is -0.390 e. The van der Waals surface area contributed by atoms with E-state index in [1.807, 2.05) is 6.92 Å². The molecule has 0 fully saturated rings. The number of aliphatic imine (C=N–C) groups is 1. The molecule has 1 atom stereocenters. The molecule has 3 N–H and O–H groups in total. The molecule has 2 rings (SSSR count). The van der Waals surface area contributed by atoms with Crippen molar-refractivity contribution in [2.75, 3.05) is 46.4 Å². The average Bonchev–Trinajstić information content (AvgIpc) is 2.63. The smallest absolute Gasteiger partial charge is 0.191 e. The summed E-state index contributed by atoms with van der Waals surface area (Å²) in [6.07, 6.45) is 1.52. The first-order valence-electron chi connectivity index (χ1n) is 9.21. The van der Waals surface area contributed by atoms with Crippen LogP contribution in [-0.4, -0.2) is 68.5 Å². The van der Waals surface area contributed by atoms with Crippen LogP contribution in [0.3, 0.4) is 0 Å². The fourth-order valence-corrected chi connectivity index (χ4v) is 3.03. The molecular weight excluding hydrogens is 443 g/mol. The molecule has 7 heteroatoms. The normalized spacial score (nSPS) is 15.7. The molecule has 1 aromatic carbocycles. The first-order chi connectivity index (χ1) is 12.2. The van der Waals surface area contributed by atoms with Crippen LogP contribution in [-0.2, 0) is 17.7 Å². The van der Waals surface area contributed by atoms with Gasteiger partial charge in [0.15, 0.2) is 5.96 Å². The van der Waals surface area contributed by atoms with Crippen molar-refractivity contribution in [3.63, 3.8) is 0 Å². The van der Waals surface area contributed by atoms with E-state index in [0.29, 0.717) is 13.1 Å². The van der Waals surface area contributed by atoms with E-state index < -0.39 is 6.10 Å². The first-order valence-corrected chi connectivity index (χ1v) is 9.21. The Labute approximate surface area is 174 Å². The third-order valence-corrected chi connectivity index (χ3v) is 4.30. The van der Waals surface area contributed by atoms with E-state index in [4.69, 9.17) is 4.74 Å². The molecule has 1 aromatic rings. The van der Waals surface area contributed by atoms with Gasteiger partial charge in [0.25, 0.3) is 0 Å². The molecule has 1 aliphatic rings. The monoisotopic (exact) mass is 476 g/mol. The zero-order valence-electron chi connectivity index (χ0n) is 15.9. The SMILES string of the molecule is CCNC(=NCC(O)CN1CCc2ccccc2C1)NCCCOC.I. The van der Waals surface area contributed by atoms with Crippen molar-refractivity contribution in [1.29, 1.82) is 0 Å². The van der Waals surface area contributed by atoms with Crippen LogP contribution in [0.4, 0.5) is 0 Å². The van der Waals surface area contributed by atoms with E-state index in [2.05, 4.69) is 44.8 Å². The van der Waals surface area contributed by atoms with Gasteiger partial charge in [-0.3, -0.25) is 9.89 Å². The Kier molecular flexibility index (Phi) is 11.8. The molecule has 26 heavy (non-hydrogen) atoms. The second-order valence-electron chi connectivity index (χ2n) is 6.40. The molecule has 6 nitrogen and oxygen atoms in total. The minimum absolute atomic E-state index is 0. The van der Waals surface area contributed by atoms with Gasteiger partial charge in [0.1, 0.15) is 0 Å². The molecule has 0 spiro atoms. The highest BCUT2D eigenvalue weighted by Gasteiger charge is 2.18. The van der Waals surface area contributed by atoms with Gasteiger partial charge in [-0.2, -0.15) is 0 Å². The number of aliphatic hydroxyl groups excluding tert-OH is 1. The number of halogens is 1. The Morgan fingerprint density at radius 3 is 2.81 bits per heavy atom. The summed E-state index contributed by atoms with van der Waals surface area (Å²) in [6, 6.07) is 8.56. The van der Waals surface area contributed by atoms with Crippen LogP contribution in [0, 0.1) is 0 Å². The number of β-amino-alcohol motifs (C(OH)–C–C–N with tert-alkyl or cyclic N) is 1. The van der Waals surface area contributed by atoms with Gasteiger partial charge in [0, 0.05) is 46.4 Å². The molecule has 0 amide bonds. The summed E-state index contributed by atoms with van der Waals surface area (Å²) >= 11 is 0. The molecule has 0 saturated carbocycles. The summed E-state index contributed by atoms with van der Waals surface area (Å²) in [5.74, 6) is 0.752. The zero-order chi connectivity index (χ0) is 17.9. The van der Waals surface area contributed by atoms with Crippen LogP contribution >= 0.6 is 24.0 Å². The fourth-order valence-electron chi connectivity index (χ4n) is 3.03. The molecule has 0 bridgehead atoms. The number of nitrogens with zero attached hydrogens (tertiary/aromatic N) is 2. The van der Waals surface area contributed by atoms with Crippen LogP contribution in [0.1, 0.15) is 24.5 Å². The lowest BCUT2D eigenvalue weighted by Crippen LogP contribution is -2.40. The molecule has 1 heterocycles. The Morgan fingerprint density at radius 2 is 2.08 bits per heavy atom. The van der Waals surface area contributed by atoms with E-state index in [9.17, 15) is 5.11 Å². The van der Waals surface area contributed by atoms with Crippen molar-refractivity contribution in [2.24, 2.45) is 4.99 Å². The minimum atomic E-state index is -0.459. The van der Waals surface area contributed by atoms with Crippen LogP contribution in [0.15, 0.2) is 29.3 Å². The third-order valence-electron chi connectivity index (χ3n) is 4.30. The molecule has 0 aliphatic carbocycles. The summed E-state index contributed by atoms with van der Waals surface area (Å²) in [4.78, 5) is 6.80. The standard InChI is InChI=1S/C19H32N4O2.HI/c1-3-20-19(21-10-6-12-25-2)22-13-18(24)15-23-11-9-16-7-4-5-8-17(16)14-23;/h4-5,7-8,18,24H,3,6,9-15H2,1-2H3,(H2,20,21,22);1H. The highest BCUT2D eigenvalue weighted by atomic mass is 127. The average molecular weight is 476 g/mol. The van der Waals surface area contributed by atoms with E-state index in [1.54, 1.807) is 7.11 Å². The van der Waals surface area contributed by atoms with Gasteiger partial charge in [-0.25, -0.2) is 0 Å². The summed E-state index contributed by atoms with van der Waals surface area (Å²) in [6.45, 7) is 7.32. The lowest BCUT2D eigenvalue weighted by Gasteiger charge is -2.30. The van der Waals surface area contributed by atoms with Crippen LogP contribution < -0.4 is 10.6 Å². The van der Waals surface area contributed by atoms with E-state index >= 15 is 0 Å². The molecule has 1 unspecified atom stereocenters. The van der Waals surface area contributed by atoms with Crippen molar-refractivity contribution in [1.82, 2.24) is 15.5 Å². The summed E-state index contributed by atoms with van der Waals surface area (Å²) in [7, 11) is 1.70. The van der Waals surface area contributed by atoms with Crippen molar-refractivity contribution in [3.8, 4) is 0 Å². The van der Waals surface area contributed by atoms with Gasteiger partial charge in [-0.15, -0.1) is 24.0 Å². The van der Waals surface area contributed by atoms with E-state index in [0.717, 1.165) is 51.6 Å². The van der Waals surface area contributed by atoms with Crippen LogP contribution in [0.25, 0.3) is 0 Å². The summed E-state index contributed by atoms with van der Waals surface area (Å²) < 4.78 is 5.05. The van der Waals surface area contributed by atoms with E-state index in [1.165, 1.54) is 11.1 Å². The number of benzene rings is 1. The van der Waals surface area contributed by atoms with Crippen LogP contribution in [0.2, 0.25) is 0 Å². The third kappa shape index (κ3) is 8.20. The maximum Gasteiger partial charge on any atom is 0.191 e. The quantitative estimate of drug-likeness (QED) is 0.219. The van der Waals surface area contributed by atoms with Gasteiger partial charge in [-0.1, -0.05) is 24.3 Å². The molecular formula is C19H33IN4O2. The number of nitrogens with one attached hydrogen (secondary N) is 2. The number of hydrogen-bond acceptors (Lipinski definition) is 4. The van der Waals surface area contributed by atoms with Gasteiger partial charge in [0.2, 0.25) is 0 Å². The van der Waals surface area contributed by atoms with Crippen molar-refractivity contribution in [2.45, 2.75) is 32.4 Å². The van der Waals surface area contributed by atoms with E-state index in [-0.39, 0.29) is 24.0 Å². The maximum atomic E-state index is 10.4. The Bertz CT molecular complexity index is 542. The number of methoxy groups -OCH3 is 1. The van der Waals surface area contributed by atoms with Crippen LogP contribution in [0.5, 0.6) is 0 Å². The second-order valence-corrected chi connectivity index (χ2v) is 6.40. The number of rotatable bonds is 9. The lowest BCUT2D eigenvalue weighted by molar-refractivity contribution is 0.111. The topological polar surface area (TPSA) is 69.1 Å². The van der Waals surface area contributed by atoms with Crippen molar-refractivity contribution < 1.29 is 9.84 Å². The van der Waals surface area contributed by atoms with Gasteiger partial charge in [-0.05, 0) is 30.9 Å². The molecule has 1 aliphatic heterocycles. The largest absolute Gasteiger partial charge is 0.390 e. The summed E-state index contributed by atoms with van der Waals surface area (Å²) in [5, 5.41) is 16.8. The van der Waals surface area contributed by atoms with Crippen molar-refractivity contribution in [3.05, 3.63) is 35.4 Å². The number of aliphatic hydroxyl groups is 1. The fraction of sp³-hybridized carbons (Fsp3) is 0.632. The van der Waals surface area contributed by atoms with Gasteiger partial charge < -0.3 is 20.5 Å². The predicted molar refractivity (Wildman–Crippen MR) is 117 cm³/mol. The zero-order valence-corrected chi connectivity index (χ0v) is 18.2. The van der Waals surface area contributed by atoms with Gasteiger partial charge >= 0.3 is 0 Å². The molecule has 0 aromatic heterocycles. The second kappa shape index (κ2) is 13.3. The Morgan fingerprint density at radius 1 is 1.31 bits per heavy atom. The van der Waals surface area contributed by atoms with Gasteiger partial charge in [0.05, 0.1) is 12.6 Å². The lowest BCUT2D eigenvalue weighted by atomic mass is 10.00. The predicted octanol–water partition coefficient (Wildman–Crippen LogP) is 1.62. The van der Waals surface area contributed by atoms with Crippen molar-refractivity contribution >= 4 is 29.9 Å². The summed E-state index contributed by atoms with van der Waals surface area (Å²) in [5.41, 5.74) is 2.80. The Balaban J connectivity index is 0.00000338. The molecule has 0 saturated heterocycles. The number of fused-ring (bicyclic) bond motifs is 1.